The van der Waals surface area contributed by atoms with Crippen LogP contribution in [0, 0.1) is 15.9 Å². The number of nitro groups is 1. The summed E-state index contributed by atoms with van der Waals surface area (Å²) in [6, 6.07) is 7.79. The molecule has 0 saturated heterocycles. The Morgan fingerprint density at radius 1 is 1.28 bits per heavy atom. The second kappa shape index (κ2) is 9.62. The number of sulfonamides is 1. The highest BCUT2D eigenvalue weighted by Gasteiger charge is 2.19. The molecule has 9 nitrogen and oxygen atoms in total. The number of aliphatic carboxylic acids is 1. The van der Waals surface area contributed by atoms with E-state index in [9.17, 15) is 32.1 Å². The van der Waals surface area contributed by atoms with Crippen LogP contribution in [-0.4, -0.2) is 43.1 Å². The first-order valence-corrected chi connectivity index (χ1v) is 10.3. The summed E-state index contributed by atoms with van der Waals surface area (Å²) >= 11 is 1.09. The number of ether oxygens (including phenoxy) is 1. The molecule has 2 rings (SSSR count). The lowest BCUT2D eigenvalue weighted by molar-refractivity contribution is -0.384. The van der Waals surface area contributed by atoms with Crippen LogP contribution in [0.4, 0.5) is 14.5 Å². The van der Waals surface area contributed by atoms with Gasteiger partial charge in [0.05, 0.1) is 9.82 Å². The van der Waals surface area contributed by atoms with Gasteiger partial charge in [0.2, 0.25) is 10.0 Å². The number of alkyl halides is 1. The molecule has 29 heavy (non-hydrogen) atoms. The molecule has 0 aliphatic rings. The van der Waals surface area contributed by atoms with Crippen molar-refractivity contribution in [2.75, 3.05) is 12.3 Å². The normalized spacial score (nSPS) is 12.3. The van der Waals surface area contributed by atoms with Gasteiger partial charge in [-0.15, -0.1) is 11.8 Å². The highest BCUT2D eigenvalue weighted by atomic mass is 32.2. The summed E-state index contributed by atoms with van der Waals surface area (Å²) in [6.45, 7) is -0.0184. The molecule has 0 aromatic heterocycles. The molecule has 0 saturated carbocycles. The van der Waals surface area contributed by atoms with Gasteiger partial charge in [-0.25, -0.2) is 22.3 Å². The molecular weight excluding hydrogens is 434 g/mol. The number of thioether (sulfide) groups is 1. The summed E-state index contributed by atoms with van der Waals surface area (Å²) in [6.07, 6.45) is -2.70. The monoisotopic (exact) mass is 448 g/mol. The zero-order chi connectivity index (χ0) is 21.6. The van der Waals surface area contributed by atoms with E-state index in [0.717, 1.165) is 48.2 Å². The molecule has 0 radical (unpaired) electrons. The average Bonchev–Trinajstić information content (AvgIpc) is 2.67. The predicted molar refractivity (Wildman–Crippen MR) is 98.6 cm³/mol. The number of benzene rings is 2. The van der Waals surface area contributed by atoms with Crippen molar-refractivity contribution in [3.05, 3.63) is 58.4 Å². The maximum Gasteiger partial charge on any atom is 0.378 e. The van der Waals surface area contributed by atoms with Crippen molar-refractivity contribution in [3.8, 4) is 5.75 Å². The number of nitrogens with one attached hydrogen (secondary N) is 1. The van der Waals surface area contributed by atoms with Crippen molar-refractivity contribution in [1.29, 1.82) is 0 Å². The predicted octanol–water partition coefficient (Wildman–Crippen LogP) is 2.56. The number of carboxylic acids is 1. The van der Waals surface area contributed by atoms with Crippen LogP contribution in [0.2, 0.25) is 0 Å². The van der Waals surface area contributed by atoms with Gasteiger partial charge in [0.1, 0.15) is 0 Å². The van der Waals surface area contributed by atoms with Gasteiger partial charge in [0, 0.05) is 29.3 Å². The molecule has 0 aliphatic heterocycles. The number of carbonyl (C=O) groups is 1. The molecule has 2 aromatic carbocycles. The van der Waals surface area contributed by atoms with E-state index in [4.69, 9.17) is 5.11 Å². The lowest BCUT2D eigenvalue weighted by Gasteiger charge is -2.10. The average molecular weight is 448 g/mol. The van der Waals surface area contributed by atoms with E-state index >= 15 is 0 Å². The van der Waals surface area contributed by atoms with E-state index in [1.807, 2.05) is 0 Å². The summed E-state index contributed by atoms with van der Waals surface area (Å²) in [5, 5.41) is 19.0. The number of hydrogen-bond acceptors (Lipinski definition) is 7. The van der Waals surface area contributed by atoms with Crippen molar-refractivity contribution in [1.82, 2.24) is 4.72 Å². The van der Waals surface area contributed by atoms with Gasteiger partial charge in [0.15, 0.2) is 11.6 Å². The van der Waals surface area contributed by atoms with Crippen LogP contribution < -0.4 is 9.46 Å². The van der Waals surface area contributed by atoms with Crippen molar-refractivity contribution in [2.45, 2.75) is 16.1 Å². The first-order chi connectivity index (χ1) is 13.6. The molecule has 0 spiro atoms. The molecule has 156 valence electrons. The SMILES string of the molecule is O=C(O)C(F)Oc1ccc(SCCNS(=O)(=O)c2ccc([N+](=O)[O-])cc2)cc1F. The third kappa shape index (κ3) is 6.37. The number of nitrogens with zero attached hydrogens (tertiary/aromatic N) is 1. The van der Waals surface area contributed by atoms with Crippen LogP contribution >= 0.6 is 11.8 Å². The van der Waals surface area contributed by atoms with Crippen molar-refractivity contribution in [3.63, 3.8) is 0 Å². The molecule has 0 aliphatic carbocycles. The summed E-state index contributed by atoms with van der Waals surface area (Å²) in [5.41, 5.74) is -0.239. The molecule has 0 amide bonds. The lowest BCUT2D eigenvalue weighted by atomic mass is 10.3. The smallest absolute Gasteiger partial charge is 0.378 e. The topological polar surface area (TPSA) is 136 Å². The number of non-ortho nitro benzene ring substituents is 1. The molecule has 0 heterocycles. The Balaban J connectivity index is 1.88. The van der Waals surface area contributed by atoms with Crippen LogP contribution in [0.5, 0.6) is 5.75 Å². The molecular formula is C16H14F2N2O7S2. The fourth-order valence-electron chi connectivity index (χ4n) is 2.00. The summed E-state index contributed by atoms with van der Waals surface area (Å²) in [5.74, 6) is -3.20. The maximum atomic E-state index is 13.8. The van der Waals surface area contributed by atoms with Gasteiger partial charge in [-0.1, -0.05) is 0 Å². The van der Waals surface area contributed by atoms with Gasteiger partial charge in [0.25, 0.3) is 5.69 Å². The van der Waals surface area contributed by atoms with E-state index < -0.39 is 38.8 Å². The first kappa shape index (κ1) is 22.5. The van der Waals surface area contributed by atoms with Crippen molar-refractivity contribution in [2.24, 2.45) is 0 Å². The second-order valence-electron chi connectivity index (χ2n) is 5.36. The van der Waals surface area contributed by atoms with E-state index in [-0.39, 0.29) is 22.9 Å². The Morgan fingerprint density at radius 2 is 1.93 bits per heavy atom. The molecule has 2 aromatic rings. The minimum Gasteiger partial charge on any atom is -0.476 e. The fourth-order valence-corrected chi connectivity index (χ4v) is 3.96. The molecule has 1 atom stereocenters. The zero-order valence-corrected chi connectivity index (χ0v) is 16.1. The molecule has 1 unspecified atom stereocenters. The Labute approximate surface area is 167 Å². The van der Waals surface area contributed by atoms with E-state index in [1.165, 1.54) is 6.07 Å². The van der Waals surface area contributed by atoms with Crippen molar-refractivity contribution < 1.29 is 36.8 Å². The van der Waals surface area contributed by atoms with Gasteiger partial charge < -0.3 is 9.84 Å². The van der Waals surface area contributed by atoms with Crippen LogP contribution in [0.1, 0.15) is 0 Å². The van der Waals surface area contributed by atoms with E-state index in [1.54, 1.807) is 0 Å². The van der Waals surface area contributed by atoms with Gasteiger partial charge >= 0.3 is 12.3 Å². The zero-order valence-electron chi connectivity index (χ0n) is 14.4. The Kier molecular flexibility index (Phi) is 7.47. The molecule has 0 fully saturated rings. The van der Waals surface area contributed by atoms with Crippen LogP contribution in [0.25, 0.3) is 0 Å². The quantitative estimate of drug-likeness (QED) is 0.245. The van der Waals surface area contributed by atoms with E-state index in [0.29, 0.717) is 4.90 Å². The Hall–Kier alpha value is -2.77. The molecule has 13 heteroatoms. The number of rotatable bonds is 10. The highest BCUT2D eigenvalue weighted by Crippen LogP contribution is 2.26. The summed E-state index contributed by atoms with van der Waals surface area (Å²) in [4.78, 5) is 20.6. The lowest BCUT2D eigenvalue weighted by Crippen LogP contribution is -2.26. The molecule has 0 bridgehead atoms. The first-order valence-electron chi connectivity index (χ1n) is 7.80. The minimum atomic E-state index is -3.87. The van der Waals surface area contributed by atoms with Gasteiger partial charge in [-0.2, -0.15) is 4.39 Å². The van der Waals surface area contributed by atoms with Crippen molar-refractivity contribution >= 4 is 33.4 Å². The third-order valence-electron chi connectivity index (χ3n) is 3.35. The number of nitro benzene ring substituents is 1. The summed E-state index contributed by atoms with van der Waals surface area (Å²) < 4.78 is 57.7. The van der Waals surface area contributed by atoms with Gasteiger partial charge in [-0.3, -0.25) is 10.1 Å². The summed E-state index contributed by atoms with van der Waals surface area (Å²) in [7, 11) is -3.87. The second-order valence-corrected chi connectivity index (χ2v) is 8.30. The number of halogens is 2. The minimum absolute atomic E-state index is 0.0184. The van der Waals surface area contributed by atoms with Crippen LogP contribution in [0.15, 0.2) is 52.3 Å². The largest absolute Gasteiger partial charge is 0.476 e. The van der Waals surface area contributed by atoms with Crippen LogP contribution in [0.3, 0.4) is 0 Å². The fraction of sp³-hybridized carbons (Fsp3) is 0.188. The molecule has 2 N–H and O–H groups in total. The Morgan fingerprint density at radius 3 is 2.48 bits per heavy atom. The number of carboxylic acid groups (broad SMARTS) is 1. The standard InChI is InChI=1S/C16H14F2N2O7S2/c17-13-9-11(3-6-14(13)27-15(18)16(21)22)28-8-7-19-29(25,26)12-4-1-10(2-5-12)20(23)24/h1-6,9,15,19H,7-8H2,(H,21,22). The maximum absolute atomic E-state index is 13.8. The Bertz CT molecular complexity index is 1000. The highest BCUT2D eigenvalue weighted by molar-refractivity contribution is 7.99. The van der Waals surface area contributed by atoms with Gasteiger partial charge in [-0.05, 0) is 30.3 Å². The third-order valence-corrected chi connectivity index (χ3v) is 5.82. The number of hydrogen-bond donors (Lipinski definition) is 2. The van der Waals surface area contributed by atoms with E-state index in [2.05, 4.69) is 9.46 Å². The van der Waals surface area contributed by atoms with Crippen LogP contribution in [-0.2, 0) is 14.8 Å².